The van der Waals surface area contributed by atoms with Gasteiger partial charge in [-0.1, -0.05) is 12.8 Å². The van der Waals surface area contributed by atoms with E-state index >= 15 is 0 Å². The maximum absolute atomic E-state index is 6.26. The third-order valence-corrected chi connectivity index (χ3v) is 3.24. The Morgan fingerprint density at radius 2 is 2.27 bits per heavy atom. The Bertz CT molecular complexity index is 312. The summed E-state index contributed by atoms with van der Waals surface area (Å²) in [5, 5.41) is 7.57. The molecule has 0 bridgehead atoms. The Labute approximate surface area is 90.8 Å². The quantitative estimate of drug-likeness (QED) is 0.788. The van der Waals surface area contributed by atoms with E-state index in [2.05, 4.69) is 10.4 Å². The molecule has 1 aliphatic rings. The van der Waals surface area contributed by atoms with Gasteiger partial charge in [0.25, 0.3) is 0 Å². The van der Waals surface area contributed by atoms with Crippen LogP contribution in [-0.2, 0) is 7.05 Å². The van der Waals surface area contributed by atoms with Crippen molar-refractivity contribution < 1.29 is 0 Å². The van der Waals surface area contributed by atoms with Crippen molar-refractivity contribution in [1.29, 1.82) is 0 Å². The molecular formula is C11H20N4. The van der Waals surface area contributed by atoms with E-state index in [-0.39, 0.29) is 5.54 Å². The van der Waals surface area contributed by atoms with E-state index in [4.69, 9.17) is 5.73 Å². The van der Waals surface area contributed by atoms with Crippen LogP contribution >= 0.6 is 0 Å². The zero-order valence-corrected chi connectivity index (χ0v) is 9.37. The first-order chi connectivity index (χ1) is 7.18. The maximum atomic E-state index is 6.26. The van der Waals surface area contributed by atoms with Crippen LogP contribution in [0.1, 0.15) is 32.1 Å². The molecule has 1 heterocycles. The monoisotopic (exact) mass is 208 g/mol. The van der Waals surface area contributed by atoms with Gasteiger partial charge in [-0.15, -0.1) is 0 Å². The van der Waals surface area contributed by atoms with E-state index in [0.717, 1.165) is 18.8 Å². The molecule has 1 saturated carbocycles. The molecule has 0 radical (unpaired) electrons. The molecule has 0 saturated heterocycles. The lowest BCUT2D eigenvalue weighted by Gasteiger charge is -2.23. The first kappa shape index (κ1) is 10.5. The molecule has 0 unspecified atom stereocenters. The van der Waals surface area contributed by atoms with Crippen molar-refractivity contribution in [2.24, 2.45) is 12.8 Å². The van der Waals surface area contributed by atoms with Crippen molar-refractivity contribution in [3.8, 4) is 0 Å². The SMILES string of the molecule is Cn1ccc(NCCC2(N)CCCC2)n1. The minimum Gasteiger partial charge on any atom is -0.369 e. The highest BCUT2D eigenvalue weighted by Crippen LogP contribution is 2.29. The van der Waals surface area contributed by atoms with Crippen LogP contribution in [0.5, 0.6) is 0 Å². The van der Waals surface area contributed by atoms with Crippen LogP contribution in [-0.4, -0.2) is 21.9 Å². The van der Waals surface area contributed by atoms with Gasteiger partial charge < -0.3 is 11.1 Å². The van der Waals surface area contributed by atoms with Crippen molar-refractivity contribution in [1.82, 2.24) is 9.78 Å². The topological polar surface area (TPSA) is 55.9 Å². The maximum Gasteiger partial charge on any atom is 0.147 e. The Hall–Kier alpha value is -1.03. The van der Waals surface area contributed by atoms with Gasteiger partial charge in [0, 0.05) is 31.4 Å². The highest BCUT2D eigenvalue weighted by atomic mass is 15.3. The number of nitrogens with zero attached hydrogens (tertiary/aromatic N) is 2. The van der Waals surface area contributed by atoms with Gasteiger partial charge in [0.1, 0.15) is 5.82 Å². The van der Waals surface area contributed by atoms with Gasteiger partial charge in [0.15, 0.2) is 0 Å². The Kier molecular flexibility index (Phi) is 2.95. The lowest BCUT2D eigenvalue weighted by atomic mass is 9.95. The first-order valence-electron chi connectivity index (χ1n) is 5.70. The summed E-state index contributed by atoms with van der Waals surface area (Å²) in [5.74, 6) is 0.944. The summed E-state index contributed by atoms with van der Waals surface area (Å²) in [4.78, 5) is 0. The summed E-state index contributed by atoms with van der Waals surface area (Å²) >= 11 is 0. The summed E-state index contributed by atoms with van der Waals surface area (Å²) in [6.45, 7) is 0.924. The average Bonchev–Trinajstić information content (AvgIpc) is 2.76. The predicted octanol–water partition coefficient (Wildman–Crippen LogP) is 1.49. The van der Waals surface area contributed by atoms with E-state index < -0.39 is 0 Å². The number of hydrogen-bond donors (Lipinski definition) is 2. The summed E-state index contributed by atoms with van der Waals surface area (Å²) in [6.07, 6.45) is 7.92. The van der Waals surface area contributed by atoms with Crippen LogP contribution in [0.4, 0.5) is 5.82 Å². The van der Waals surface area contributed by atoms with Gasteiger partial charge in [-0.2, -0.15) is 5.10 Å². The molecule has 1 aromatic rings. The molecule has 1 fully saturated rings. The van der Waals surface area contributed by atoms with Crippen molar-refractivity contribution in [3.63, 3.8) is 0 Å². The number of hydrogen-bond acceptors (Lipinski definition) is 3. The zero-order valence-electron chi connectivity index (χ0n) is 9.37. The molecule has 1 aromatic heterocycles. The highest BCUT2D eigenvalue weighted by molar-refractivity contribution is 5.31. The Balaban J connectivity index is 1.75. The molecule has 0 amide bonds. The Morgan fingerprint density at radius 3 is 2.87 bits per heavy atom. The van der Waals surface area contributed by atoms with Gasteiger partial charge in [-0.3, -0.25) is 4.68 Å². The predicted molar refractivity (Wildman–Crippen MR) is 61.7 cm³/mol. The summed E-state index contributed by atoms with van der Waals surface area (Å²) in [7, 11) is 1.92. The van der Waals surface area contributed by atoms with E-state index in [9.17, 15) is 0 Å². The fourth-order valence-corrected chi connectivity index (χ4v) is 2.28. The van der Waals surface area contributed by atoms with Crippen LogP contribution in [0.25, 0.3) is 0 Å². The fraction of sp³-hybridized carbons (Fsp3) is 0.727. The molecule has 0 aliphatic heterocycles. The molecule has 0 spiro atoms. The lowest BCUT2D eigenvalue weighted by molar-refractivity contribution is 0.416. The smallest absolute Gasteiger partial charge is 0.147 e. The molecule has 0 atom stereocenters. The van der Waals surface area contributed by atoms with E-state index in [0.29, 0.717) is 0 Å². The Morgan fingerprint density at radius 1 is 1.53 bits per heavy atom. The number of anilines is 1. The third-order valence-electron chi connectivity index (χ3n) is 3.24. The number of aryl methyl sites for hydroxylation is 1. The van der Waals surface area contributed by atoms with Crippen LogP contribution in [0.3, 0.4) is 0 Å². The second-order valence-electron chi connectivity index (χ2n) is 4.62. The van der Waals surface area contributed by atoms with E-state index in [1.807, 2.05) is 19.3 Å². The van der Waals surface area contributed by atoms with E-state index in [1.165, 1.54) is 25.7 Å². The lowest BCUT2D eigenvalue weighted by Crippen LogP contribution is -2.38. The minimum absolute atomic E-state index is 0.0851. The molecule has 15 heavy (non-hydrogen) atoms. The average molecular weight is 208 g/mol. The van der Waals surface area contributed by atoms with Gasteiger partial charge in [0.2, 0.25) is 0 Å². The van der Waals surface area contributed by atoms with Crippen LogP contribution in [0.15, 0.2) is 12.3 Å². The second-order valence-corrected chi connectivity index (χ2v) is 4.62. The summed E-state index contributed by atoms with van der Waals surface area (Å²) < 4.78 is 1.80. The normalized spacial score (nSPS) is 19.3. The van der Waals surface area contributed by atoms with Crippen molar-refractivity contribution in [2.45, 2.75) is 37.6 Å². The zero-order chi connectivity index (χ0) is 10.7. The van der Waals surface area contributed by atoms with Gasteiger partial charge in [-0.05, 0) is 19.3 Å². The summed E-state index contributed by atoms with van der Waals surface area (Å²) in [5.41, 5.74) is 6.35. The third kappa shape index (κ3) is 2.72. The first-order valence-corrected chi connectivity index (χ1v) is 5.70. The molecule has 1 aliphatic carbocycles. The van der Waals surface area contributed by atoms with Crippen LogP contribution in [0.2, 0.25) is 0 Å². The minimum atomic E-state index is 0.0851. The van der Waals surface area contributed by atoms with Gasteiger partial charge >= 0.3 is 0 Å². The van der Waals surface area contributed by atoms with Gasteiger partial charge in [-0.25, -0.2) is 0 Å². The van der Waals surface area contributed by atoms with Crippen molar-refractivity contribution >= 4 is 5.82 Å². The molecule has 2 rings (SSSR count). The number of aromatic nitrogens is 2. The molecule has 0 aromatic carbocycles. The largest absolute Gasteiger partial charge is 0.369 e. The second kappa shape index (κ2) is 4.23. The standard InChI is InChI=1S/C11H20N4/c1-15-9-4-10(14-15)13-8-7-11(12)5-2-3-6-11/h4,9H,2-3,5-8,12H2,1H3,(H,13,14). The van der Waals surface area contributed by atoms with E-state index in [1.54, 1.807) is 4.68 Å². The molecule has 4 nitrogen and oxygen atoms in total. The van der Waals surface area contributed by atoms with Crippen LogP contribution < -0.4 is 11.1 Å². The van der Waals surface area contributed by atoms with Crippen molar-refractivity contribution in [3.05, 3.63) is 12.3 Å². The van der Waals surface area contributed by atoms with Crippen molar-refractivity contribution in [2.75, 3.05) is 11.9 Å². The summed E-state index contributed by atoms with van der Waals surface area (Å²) in [6, 6.07) is 1.98. The number of nitrogens with two attached hydrogens (primary N) is 1. The van der Waals surface area contributed by atoms with Gasteiger partial charge in [0.05, 0.1) is 0 Å². The molecule has 4 heteroatoms. The van der Waals surface area contributed by atoms with Crippen LogP contribution in [0, 0.1) is 0 Å². The molecule has 84 valence electrons. The number of rotatable bonds is 4. The molecule has 3 N–H and O–H groups in total. The molecular weight excluding hydrogens is 188 g/mol. The highest BCUT2D eigenvalue weighted by Gasteiger charge is 2.28. The number of nitrogens with one attached hydrogen (secondary N) is 1. The fourth-order valence-electron chi connectivity index (χ4n) is 2.28.